The van der Waals surface area contributed by atoms with E-state index in [0.717, 1.165) is 37.0 Å². The first-order chi connectivity index (χ1) is 16.6. The Labute approximate surface area is 204 Å². The van der Waals surface area contributed by atoms with Gasteiger partial charge >= 0.3 is 6.09 Å². The lowest BCUT2D eigenvalue weighted by Crippen LogP contribution is -2.40. The molecule has 1 amide bonds. The zero-order chi connectivity index (χ0) is 24.8. The van der Waals surface area contributed by atoms with E-state index in [4.69, 9.17) is 9.72 Å². The molecule has 1 aromatic carbocycles. The third-order valence-corrected chi connectivity index (χ3v) is 7.96. The Bertz CT molecular complexity index is 1480. The van der Waals surface area contributed by atoms with Gasteiger partial charge in [-0.05, 0) is 64.7 Å². The van der Waals surface area contributed by atoms with E-state index in [1.54, 1.807) is 42.6 Å². The van der Waals surface area contributed by atoms with E-state index < -0.39 is 15.6 Å². The van der Waals surface area contributed by atoms with Crippen molar-refractivity contribution < 1.29 is 17.9 Å². The molecule has 9 nitrogen and oxygen atoms in total. The molecule has 0 aliphatic heterocycles. The first kappa shape index (κ1) is 23.3. The minimum atomic E-state index is -3.76. The number of carbonyl (C=O) groups is 1. The van der Waals surface area contributed by atoms with Crippen LogP contribution >= 0.6 is 0 Å². The lowest BCUT2D eigenvalue weighted by Gasteiger charge is -2.29. The number of ether oxygens (including phenoxy) is 1. The van der Waals surface area contributed by atoms with Crippen LogP contribution in [0, 0.1) is 0 Å². The fourth-order valence-electron chi connectivity index (χ4n) is 4.63. The summed E-state index contributed by atoms with van der Waals surface area (Å²) in [6, 6.07) is 10.1. The van der Waals surface area contributed by atoms with Crippen LogP contribution < -0.4 is 5.32 Å². The Morgan fingerprint density at radius 1 is 1.11 bits per heavy atom. The highest BCUT2D eigenvalue weighted by atomic mass is 32.2. The number of aromatic amines is 1. The van der Waals surface area contributed by atoms with E-state index in [1.165, 1.54) is 10.2 Å². The van der Waals surface area contributed by atoms with Crippen molar-refractivity contribution in [1.82, 2.24) is 24.2 Å². The molecule has 3 aromatic heterocycles. The molecule has 1 aliphatic carbocycles. The van der Waals surface area contributed by atoms with Gasteiger partial charge in [-0.25, -0.2) is 27.2 Å². The predicted molar refractivity (Wildman–Crippen MR) is 133 cm³/mol. The number of H-pyrrole nitrogens is 1. The lowest BCUT2D eigenvalue weighted by molar-refractivity contribution is 0.0491. The van der Waals surface area contributed by atoms with Crippen molar-refractivity contribution >= 4 is 38.2 Å². The highest BCUT2D eigenvalue weighted by molar-refractivity contribution is 7.90. The van der Waals surface area contributed by atoms with E-state index >= 15 is 0 Å². The molecule has 184 valence electrons. The Kier molecular flexibility index (Phi) is 5.79. The van der Waals surface area contributed by atoms with E-state index in [-0.39, 0.29) is 22.9 Å². The number of nitrogens with one attached hydrogen (secondary N) is 2. The third-order valence-electron chi connectivity index (χ3n) is 6.28. The van der Waals surface area contributed by atoms with E-state index in [1.807, 2.05) is 20.8 Å². The number of amides is 1. The molecule has 1 aliphatic rings. The summed E-state index contributed by atoms with van der Waals surface area (Å²) in [5.41, 5.74) is 1.32. The van der Waals surface area contributed by atoms with Crippen LogP contribution in [0.3, 0.4) is 0 Å². The van der Waals surface area contributed by atoms with Crippen molar-refractivity contribution in [3.8, 4) is 0 Å². The van der Waals surface area contributed by atoms with Crippen LogP contribution in [0.5, 0.6) is 0 Å². The second-order valence-electron chi connectivity index (χ2n) is 10.0. The summed E-state index contributed by atoms with van der Waals surface area (Å²) in [5.74, 6) is 1.09. The molecule has 1 saturated carbocycles. The molecule has 10 heteroatoms. The topological polar surface area (TPSA) is 119 Å². The molecule has 0 radical (unpaired) electrons. The molecule has 35 heavy (non-hydrogen) atoms. The van der Waals surface area contributed by atoms with Crippen molar-refractivity contribution in [1.29, 1.82) is 0 Å². The van der Waals surface area contributed by atoms with Crippen molar-refractivity contribution in [2.45, 2.75) is 68.9 Å². The number of carbonyl (C=O) groups excluding carboxylic acids is 1. The summed E-state index contributed by atoms with van der Waals surface area (Å²) in [5, 5.41) is 3.65. The lowest BCUT2D eigenvalue weighted by atomic mass is 9.85. The molecule has 0 bridgehead atoms. The van der Waals surface area contributed by atoms with Gasteiger partial charge in [0.15, 0.2) is 5.65 Å². The maximum Gasteiger partial charge on any atom is 0.407 e. The zero-order valence-electron chi connectivity index (χ0n) is 20.0. The van der Waals surface area contributed by atoms with E-state index in [2.05, 4.69) is 15.3 Å². The molecule has 2 N–H and O–H groups in total. The number of alkyl carbamates (subject to hydrolysis) is 1. The average Bonchev–Trinajstić information content (AvgIpc) is 3.43. The molecule has 0 atom stereocenters. The second-order valence-corrected chi connectivity index (χ2v) is 11.8. The maximum absolute atomic E-state index is 13.1. The fraction of sp³-hybridized carbons (Fsp3) is 0.400. The summed E-state index contributed by atoms with van der Waals surface area (Å²) in [7, 11) is -3.76. The molecular formula is C25H29N5O4S. The van der Waals surface area contributed by atoms with Gasteiger partial charge in [-0.15, -0.1) is 0 Å². The first-order valence-electron chi connectivity index (χ1n) is 11.8. The number of imidazole rings is 1. The van der Waals surface area contributed by atoms with Gasteiger partial charge in [0.25, 0.3) is 10.0 Å². The van der Waals surface area contributed by atoms with Crippen molar-refractivity contribution in [2.75, 3.05) is 0 Å². The Balaban J connectivity index is 1.36. The van der Waals surface area contributed by atoms with Gasteiger partial charge in [0.1, 0.15) is 16.9 Å². The standard InChI is InChI=1S/C25H29N5O4S/c1-25(2,3)34-24(31)27-17-11-9-16(10-12-17)22-28-20-15-26-23-19(21(20)29-22)13-14-30(23)35(32,33)18-7-5-4-6-8-18/h4-8,13-17H,9-12H2,1-3H3,(H,27,31)(H,28,29). The Morgan fingerprint density at radius 3 is 2.51 bits per heavy atom. The van der Waals surface area contributed by atoms with Crippen LogP contribution in [-0.2, 0) is 14.8 Å². The van der Waals surface area contributed by atoms with Gasteiger partial charge in [-0.3, -0.25) is 0 Å². The smallest absolute Gasteiger partial charge is 0.407 e. The summed E-state index contributed by atoms with van der Waals surface area (Å²) < 4.78 is 32.8. The quantitative estimate of drug-likeness (QED) is 0.424. The van der Waals surface area contributed by atoms with Gasteiger partial charge in [0, 0.05) is 23.5 Å². The zero-order valence-corrected chi connectivity index (χ0v) is 20.8. The average molecular weight is 496 g/mol. The number of hydrogen-bond donors (Lipinski definition) is 2. The highest BCUT2D eigenvalue weighted by Gasteiger charge is 2.28. The molecule has 3 heterocycles. The minimum absolute atomic E-state index is 0.0797. The number of fused-ring (bicyclic) bond motifs is 3. The van der Waals surface area contributed by atoms with Crippen LogP contribution in [0.4, 0.5) is 4.79 Å². The van der Waals surface area contributed by atoms with Crippen LogP contribution in [-0.4, -0.2) is 45.1 Å². The molecule has 0 saturated heterocycles. The second kappa shape index (κ2) is 8.67. The number of rotatable bonds is 4. The SMILES string of the molecule is CC(C)(C)OC(=O)NC1CCC(c2nc3c(cnc4c3ccn4S(=O)(=O)c3ccccc3)[nH]2)CC1. The molecule has 0 spiro atoms. The van der Waals surface area contributed by atoms with Gasteiger partial charge in [-0.2, -0.15) is 0 Å². The normalized spacial score (nSPS) is 19.2. The molecule has 1 fully saturated rings. The number of benzene rings is 1. The summed E-state index contributed by atoms with van der Waals surface area (Å²) >= 11 is 0. The number of aromatic nitrogens is 4. The van der Waals surface area contributed by atoms with Gasteiger partial charge in [-0.1, -0.05) is 18.2 Å². The molecule has 0 unspecified atom stereocenters. The van der Waals surface area contributed by atoms with Crippen LogP contribution in [0.2, 0.25) is 0 Å². The predicted octanol–water partition coefficient (Wildman–Crippen LogP) is 4.70. The summed E-state index contributed by atoms with van der Waals surface area (Å²) in [4.78, 5) is 25.0. The number of nitrogens with zero attached hydrogens (tertiary/aromatic N) is 3. The van der Waals surface area contributed by atoms with Gasteiger partial charge < -0.3 is 15.0 Å². The molecule has 5 rings (SSSR count). The van der Waals surface area contributed by atoms with Gasteiger partial charge in [0.05, 0.1) is 16.6 Å². The Morgan fingerprint density at radius 2 is 1.83 bits per heavy atom. The third kappa shape index (κ3) is 4.62. The van der Waals surface area contributed by atoms with Crippen LogP contribution in [0.1, 0.15) is 58.2 Å². The van der Waals surface area contributed by atoms with E-state index in [9.17, 15) is 13.2 Å². The summed E-state index contributed by atoms with van der Waals surface area (Å²) in [6.07, 6.45) is 6.21. The minimum Gasteiger partial charge on any atom is -0.444 e. The first-order valence-corrected chi connectivity index (χ1v) is 13.2. The van der Waals surface area contributed by atoms with Crippen LogP contribution in [0.25, 0.3) is 22.1 Å². The van der Waals surface area contributed by atoms with Crippen molar-refractivity contribution in [3.63, 3.8) is 0 Å². The van der Waals surface area contributed by atoms with E-state index in [0.29, 0.717) is 16.6 Å². The molecule has 4 aromatic rings. The Hall–Kier alpha value is -3.40. The van der Waals surface area contributed by atoms with Crippen LogP contribution in [0.15, 0.2) is 53.7 Å². The van der Waals surface area contributed by atoms with Crippen molar-refractivity contribution in [2.24, 2.45) is 0 Å². The fourth-order valence-corrected chi connectivity index (χ4v) is 5.95. The number of hydrogen-bond acceptors (Lipinski definition) is 6. The van der Waals surface area contributed by atoms with Crippen molar-refractivity contribution in [3.05, 3.63) is 54.6 Å². The highest BCUT2D eigenvalue weighted by Crippen LogP contribution is 2.34. The molecular weight excluding hydrogens is 466 g/mol. The largest absolute Gasteiger partial charge is 0.444 e. The van der Waals surface area contributed by atoms with Gasteiger partial charge in [0.2, 0.25) is 0 Å². The monoisotopic (exact) mass is 495 g/mol. The number of pyridine rings is 1. The maximum atomic E-state index is 13.1. The summed E-state index contributed by atoms with van der Waals surface area (Å²) in [6.45, 7) is 5.55.